The van der Waals surface area contributed by atoms with Crippen LogP contribution in [0.25, 0.3) is 21.8 Å². The molecule has 4 rings (SSSR count). The third kappa shape index (κ3) is 11.6. The highest BCUT2D eigenvalue weighted by molar-refractivity contribution is 6.10. The van der Waals surface area contributed by atoms with Gasteiger partial charge in [-0.25, -0.2) is 0 Å². The predicted octanol–water partition coefficient (Wildman–Crippen LogP) is 5.19. The largest absolute Gasteiger partial charge is 0.493 e. The van der Waals surface area contributed by atoms with Gasteiger partial charge in [-0.05, 0) is 56.0 Å². The minimum absolute atomic E-state index is 0.0501. The van der Waals surface area contributed by atoms with Crippen LogP contribution in [0.2, 0.25) is 0 Å². The Morgan fingerprint density at radius 1 is 0.792 bits per heavy atom. The normalized spacial score (nSPS) is 12.8. The van der Waals surface area contributed by atoms with Gasteiger partial charge in [0.2, 0.25) is 5.91 Å². The van der Waals surface area contributed by atoms with Crippen LogP contribution in [0, 0.1) is 26.1 Å². The number of para-hydroxylation sites is 3. The summed E-state index contributed by atoms with van der Waals surface area (Å²) in [7, 11) is 1.48. The number of nitrogens with zero attached hydrogens (tertiary/aromatic N) is 3. The number of fused-ring (bicyclic) bond motifs is 3. The van der Waals surface area contributed by atoms with Crippen molar-refractivity contribution in [3.8, 4) is 17.2 Å². The minimum atomic E-state index is -1.52. The lowest BCUT2D eigenvalue weighted by molar-refractivity contribution is -0.757. The van der Waals surface area contributed by atoms with E-state index in [1.807, 2.05) is 30.3 Å². The first-order valence-electron chi connectivity index (χ1n) is 17.2. The number of hydrogen-bond donors (Lipinski definition) is 3. The average Bonchev–Trinajstić information content (AvgIpc) is 3.53. The van der Waals surface area contributed by atoms with Crippen LogP contribution >= 0.6 is 0 Å². The molecule has 4 aromatic rings. The van der Waals surface area contributed by atoms with Crippen molar-refractivity contribution >= 4 is 33.7 Å². The van der Waals surface area contributed by atoms with Crippen LogP contribution in [-0.4, -0.2) is 94.4 Å². The number of aromatic amines is 1. The fraction of sp³-hybridized carbons (Fsp3) is 0.444. The molecular weight excluding hydrogens is 696 g/mol. The van der Waals surface area contributed by atoms with Crippen molar-refractivity contribution in [1.82, 2.24) is 9.88 Å². The summed E-state index contributed by atoms with van der Waals surface area (Å²) in [5.74, 6) is -1.81. The van der Waals surface area contributed by atoms with Gasteiger partial charge in [-0.3, -0.25) is 9.59 Å². The maximum atomic E-state index is 14.0. The van der Waals surface area contributed by atoms with Gasteiger partial charge in [-0.1, -0.05) is 49.2 Å². The summed E-state index contributed by atoms with van der Waals surface area (Å²) < 4.78 is 17.5. The number of rotatable bonds is 25. The molecule has 0 radical (unpaired) electrons. The molecule has 0 saturated carbocycles. The van der Waals surface area contributed by atoms with Gasteiger partial charge < -0.3 is 44.0 Å². The smallest absolute Gasteiger partial charge is 0.308 e. The molecule has 1 amide bonds. The topological polar surface area (TPSA) is 226 Å². The van der Waals surface area contributed by atoms with E-state index < -0.39 is 40.1 Å². The van der Waals surface area contributed by atoms with E-state index in [1.165, 1.54) is 12.0 Å². The van der Waals surface area contributed by atoms with E-state index in [-0.39, 0.29) is 58.7 Å². The molecule has 0 fully saturated rings. The molecule has 1 aromatic heterocycles. The van der Waals surface area contributed by atoms with Crippen LogP contribution in [0.1, 0.15) is 44.9 Å². The molecule has 286 valence electrons. The van der Waals surface area contributed by atoms with E-state index >= 15 is 0 Å². The van der Waals surface area contributed by atoms with Crippen LogP contribution in [0.15, 0.2) is 66.7 Å². The van der Waals surface area contributed by atoms with E-state index in [4.69, 9.17) is 14.2 Å². The summed E-state index contributed by atoms with van der Waals surface area (Å²) >= 11 is 0. The van der Waals surface area contributed by atoms with Crippen LogP contribution in [0.5, 0.6) is 17.2 Å². The number of ether oxygens (including phenoxy) is 3. The minimum Gasteiger partial charge on any atom is -0.493 e. The Bertz CT molecular complexity index is 1820. The van der Waals surface area contributed by atoms with Crippen LogP contribution in [0.4, 0.5) is 0 Å². The van der Waals surface area contributed by atoms with Crippen LogP contribution in [-0.2, 0) is 19.3 Å². The van der Waals surface area contributed by atoms with E-state index in [0.717, 1.165) is 21.8 Å². The number of aliphatic hydroxyl groups excluding tert-OH is 1. The lowest BCUT2D eigenvalue weighted by atomic mass is 9.88. The number of hydrogen-bond acceptors (Lipinski definition) is 12. The molecule has 0 aliphatic rings. The predicted molar refractivity (Wildman–Crippen MR) is 191 cm³/mol. The zero-order valence-electron chi connectivity index (χ0n) is 29.3. The number of amides is 1. The van der Waals surface area contributed by atoms with Gasteiger partial charge in [0.1, 0.15) is 25.1 Å². The number of benzene rings is 3. The number of aliphatic carboxylic acids is 1. The van der Waals surface area contributed by atoms with Gasteiger partial charge in [0.25, 0.3) is 10.2 Å². The third-order valence-electron chi connectivity index (χ3n) is 8.70. The van der Waals surface area contributed by atoms with Crippen LogP contribution < -0.4 is 14.2 Å². The number of methoxy groups -OCH3 is 1. The Hall–Kier alpha value is -5.84. The van der Waals surface area contributed by atoms with Crippen molar-refractivity contribution in [3.63, 3.8) is 0 Å². The van der Waals surface area contributed by atoms with Crippen molar-refractivity contribution in [3.05, 3.63) is 87.0 Å². The summed E-state index contributed by atoms with van der Waals surface area (Å²) in [6.45, 7) is -0.993. The second kappa shape index (κ2) is 20.3. The number of H-pyrrole nitrogens is 1. The first-order chi connectivity index (χ1) is 25.6. The highest BCUT2D eigenvalue weighted by Crippen LogP contribution is 2.34. The lowest BCUT2D eigenvalue weighted by Gasteiger charge is -2.38. The van der Waals surface area contributed by atoms with Gasteiger partial charge in [0.15, 0.2) is 11.5 Å². The Kier molecular flexibility index (Phi) is 15.3. The Labute approximate surface area is 304 Å². The first-order valence-corrected chi connectivity index (χ1v) is 17.2. The molecule has 3 aromatic carbocycles. The number of aromatic nitrogens is 1. The lowest BCUT2D eigenvalue weighted by Crippen LogP contribution is -2.55. The summed E-state index contributed by atoms with van der Waals surface area (Å²) in [4.78, 5) is 61.4. The maximum Gasteiger partial charge on any atom is 0.308 e. The van der Waals surface area contributed by atoms with E-state index in [9.17, 15) is 40.0 Å². The van der Waals surface area contributed by atoms with Crippen LogP contribution in [0.3, 0.4) is 0 Å². The van der Waals surface area contributed by atoms with Gasteiger partial charge in [0.05, 0.1) is 44.3 Å². The number of carbonyl (C=O) groups excluding carboxylic acids is 1. The summed E-state index contributed by atoms with van der Waals surface area (Å²) in [6.07, 6.45) is -0.260. The Morgan fingerprint density at radius 2 is 1.43 bits per heavy atom. The van der Waals surface area contributed by atoms with Gasteiger partial charge in [-0.15, -0.1) is 20.2 Å². The molecule has 0 aliphatic carbocycles. The molecule has 3 N–H and O–H groups in total. The average molecular weight is 741 g/mol. The molecule has 0 spiro atoms. The monoisotopic (exact) mass is 740 g/mol. The fourth-order valence-corrected chi connectivity index (χ4v) is 6.27. The molecule has 3 unspecified atom stereocenters. The molecular formula is C36H44N4O13. The Balaban J connectivity index is 1.62. The summed E-state index contributed by atoms with van der Waals surface area (Å²) in [6, 6.07) is 18.6. The highest BCUT2D eigenvalue weighted by atomic mass is 17.0. The molecule has 1 heterocycles. The zero-order valence-corrected chi connectivity index (χ0v) is 29.3. The number of unbranched alkanes of at least 4 members (excludes halogenated alkanes) is 3. The number of carboxylic acids is 1. The van der Waals surface area contributed by atoms with Crippen molar-refractivity contribution < 1.29 is 53.9 Å². The third-order valence-corrected chi connectivity index (χ3v) is 8.70. The molecule has 0 saturated heterocycles. The second-order valence-electron chi connectivity index (χ2n) is 12.2. The first kappa shape index (κ1) is 39.9. The van der Waals surface area contributed by atoms with Crippen molar-refractivity contribution in [2.24, 2.45) is 5.92 Å². The van der Waals surface area contributed by atoms with E-state index in [2.05, 4.69) is 14.7 Å². The van der Waals surface area contributed by atoms with Gasteiger partial charge in [0, 0.05) is 22.7 Å². The number of carbonyl (C=O) groups is 2. The summed E-state index contributed by atoms with van der Waals surface area (Å²) in [5, 5.41) is 43.4. The van der Waals surface area contributed by atoms with E-state index in [0.29, 0.717) is 36.5 Å². The number of nitrogens with one attached hydrogen (secondary N) is 1. The molecule has 17 heteroatoms. The van der Waals surface area contributed by atoms with Gasteiger partial charge >= 0.3 is 5.97 Å². The number of aliphatic hydroxyl groups is 1. The number of carboxylic acid groups (broad SMARTS) is 1. The van der Waals surface area contributed by atoms with E-state index in [1.54, 1.807) is 36.4 Å². The Morgan fingerprint density at radius 3 is 2.13 bits per heavy atom. The summed E-state index contributed by atoms with van der Waals surface area (Å²) in [5.41, 5.74) is 1.67. The SMILES string of the molecule is COc1ccccc1OCCN(C(=O)CCCCCO[N+](=O)[O-])C(C(O)COc1cccc2[nH]c3ccccc3c12)C(CCCCO[N+](=O)[O-])C(=O)O. The quantitative estimate of drug-likeness (QED) is 0.0452. The molecule has 3 atom stereocenters. The standard InChI is InChI=1S/C36H44N4O13/c1-49-30-16-6-7-17-31(30)50-23-20-38(33(42)19-3-2-9-21-52-39(45)46)35(26(36(43)44)13-8-10-22-53-40(47)48)29(41)24-51-32-18-11-15-28-34(32)25-12-4-5-14-27(25)37-28/h4-7,11-12,14-18,26,29,35,37,41H,2-3,8-10,13,19-24H2,1H3,(H,43,44). The zero-order chi connectivity index (χ0) is 38.2. The second-order valence-corrected chi connectivity index (χ2v) is 12.2. The van der Waals surface area contributed by atoms with Crippen molar-refractivity contribution in [1.29, 1.82) is 0 Å². The van der Waals surface area contributed by atoms with Crippen molar-refractivity contribution in [2.45, 2.75) is 57.1 Å². The van der Waals surface area contributed by atoms with Gasteiger partial charge in [-0.2, -0.15) is 0 Å². The molecule has 17 nitrogen and oxygen atoms in total. The molecule has 53 heavy (non-hydrogen) atoms. The molecule has 0 aliphatic heterocycles. The molecule has 0 bridgehead atoms. The van der Waals surface area contributed by atoms with Crippen molar-refractivity contribution in [2.75, 3.05) is 40.1 Å². The fourth-order valence-electron chi connectivity index (χ4n) is 6.27. The maximum absolute atomic E-state index is 14.0. The highest BCUT2D eigenvalue weighted by Gasteiger charge is 2.40.